The van der Waals surface area contributed by atoms with Gasteiger partial charge in [0, 0.05) is 35.8 Å². The van der Waals surface area contributed by atoms with Crippen LogP contribution in [0.3, 0.4) is 0 Å². The van der Waals surface area contributed by atoms with Crippen molar-refractivity contribution in [3.05, 3.63) is 84.1 Å². The normalized spacial score (nSPS) is 12.6. The fourth-order valence-corrected chi connectivity index (χ4v) is 2.99. The number of nitrogens with zero attached hydrogens (tertiary/aromatic N) is 1. The number of carbonyl (C=O) groups is 1. The van der Waals surface area contributed by atoms with E-state index in [1.807, 2.05) is 18.2 Å². The summed E-state index contributed by atoms with van der Waals surface area (Å²) >= 11 is 0. The lowest BCUT2D eigenvalue weighted by atomic mass is 10.1. The number of rotatable bonds is 6. The van der Waals surface area contributed by atoms with Crippen molar-refractivity contribution < 1.29 is 9.53 Å². The summed E-state index contributed by atoms with van der Waals surface area (Å²) in [5, 5.41) is 1.19. The van der Waals surface area contributed by atoms with Crippen LogP contribution in [0.5, 0.6) is 0 Å². The van der Waals surface area contributed by atoms with Gasteiger partial charge in [-0.3, -0.25) is 0 Å². The minimum atomic E-state index is -0.387. The van der Waals surface area contributed by atoms with Crippen LogP contribution in [0.25, 0.3) is 10.9 Å². The molecule has 2 aromatic carbocycles. The zero-order valence-corrected chi connectivity index (χ0v) is 14.3. The van der Waals surface area contributed by atoms with E-state index in [1.54, 1.807) is 6.08 Å². The van der Waals surface area contributed by atoms with Crippen molar-refractivity contribution in [3.8, 4) is 0 Å². The SMILES string of the molecule is COC(=O)C=C[C@H](N)Cc1cn(Cc2ccccc2)c2ccccc12. The van der Waals surface area contributed by atoms with Gasteiger partial charge in [-0.05, 0) is 23.6 Å². The Kier molecular flexibility index (Phi) is 5.31. The Morgan fingerprint density at radius 2 is 1.88 bits per heavy atom. The number of aromatic nitrogens is 1. The fourth-order valence-electron chi connectivity index (χ4n) is 2.99. The summed E-state index contributed by atoms with van der Waals surface area (Å²) in [5.41, 5.74) is 9.77. The topological polar surface area (TPSA) is 57.2 Å². The number of hydrogen-bond acceptors (Lipinski definition) is 3. The summed E-state index contributed by atoms with van der Waals surface area (Å²) in [6.07, 6.45) is 5.89. The predicted molar refractivity (Wildman–Crippen MR) is 100 cm³/mol. The molecule has 1 aromatic heterocycles. The summed E-state index contributed by atoms with van der Waals surface area (Å²) in [6.45, 7) is 0.814. The molecule has 1 atom stereocenters. The molecule has 128 valence electrons. The third-order valence-corrected chi connectivity index (χ3v) is 4.20. The molecule has 0 saturated carbocycles. The van der Waals surface area contributed by atoms with Crippen molar-refractivity contribution in [1.82, 2.24) is 4.57 Å². The van der Waals surface area contributed by atoms with E-state index < -0.39 is 0 Å². The van der Waals surface area contributed by atoms with Crippen LogP contribution in [0, 0.1) is 0 Å². The van der Waals surface area contributed by atoms with Gasteiger partial charge in [-0.15, -0.1) is 0 Å². The molecule has 0 radical (unpaired) electrons. The zero-order chi connectivity index (χ0) is 17.6. The van der Waals surface area contributed by atoms with Crippen LogP contribution in [-0.4, -0.2) is 23.7 Å². The van der Waals surface area contributed by atoms with E-state index in [4.69, 9.17) is 5.73 Å². The molecule has 3 aromatic rings. The van der Waals surface area contributed by atoms with E-state index in [-0.39, 0.29) is 12.0 Å². The summed E-state index contributed by atoms with van der Waals surface area (Å²) in [7, 11) is 1.36. The number of hydrogen-bond donors (Lipinski definition) is 1. The van der Waals surface area contributed by atoms with Gasteiger partial charge in [-0.2, -0.15) is 0 Å². The lowest BCUT2D eigenvalue weighted by Gasteiger charge is -2.05. The molecule has 0 unspecified atom stereocenters. The highest BCUT2D eigenvalue weighted by Crippen LogP contribution is 2.23. The Morgan fingerprint density at radius 3 is 2.64 bits per heavy atom. The number of ether oxygens (including phenoxy) is 1. The lowest BCUT2D eigenvalue weighted by Crippen LogP contribution is -2.20. The lowest BCUT2D eigenvalue weighted by molar-refractivity contribution is -0.134. The largest absolute Gasteiger partial charge is 0.466 e. The van der Waals surface area contributed by atoms with E-state index in [2.05, 4.69) is 51.9 Å². The number of carbonyl (C=O) groups excluding carboxylic acids is 1. The first kappa shape index (κ1) is 17.0. The van der Waals surface area contributed by atoms with Gasteiger partial charge in [-0.1, -0.05) is 54.6 Å². The second-order valence-electron chi connectivity index (χ2n) is 6.04. The molecule has 0 spiro atoms. The van der Waals surface area contributed by atoms with Crippen LogP contribution in [0.2, 0.25) is 0 Å². The van der Waals surface area contributed by atoms with Gasteiger partial charge in [0.1, 0.15) is 0 Å². The number of para-hydroxylation sites is 1. The first-order valence-corrected chi connectivity index (χ1v) is 8.30. The maximum atomic E-state index is 11.2. The summed E-state index contributed by atoms with van der Waals surface area (Å²) < 4.78 is 6.85. The molecule has 0 aliphatic heterocycles. The first-order valence-electron chi connectivity index (χ1n) is 8.30. The Balaban J connectivity index is 1.86. The monoisotopic (exact) mass is 334 g/mol. The molecule has 4 nitrogen and oxygen atoms in total. The molecule has 1 heterocycles. The molecule has 0 amide bonds. The summed E-state index contributed by atoms with van der Waals surface area (Å²) in [6, 6.07) is 18.5. The molecular weight excluding hydrogens is 312 g/mol. The van der Waals surface area contributed by atoms with Gasteiger partial charge in [0.15, 0.2) is 0 Å². The van der Waals surface area contributed by atoms with Crippen LogP contribution in [0.15, 0.2) is 72.9 Å². The van der Waals surface area contributed by atoms with Crippen LogP contribution in [-0.2, 0) is 22.5 Å². The number of methoxy groups -OCH3 is 1. The van der Waals surface area contributed by atoms with E-state index in [9.17, 15) is 4.79 Å². The number of esters is 1. The number of fused-ring (bicyclic) bond motifs is 1. The van der Waals surface area contributed by atoms with Gasteiger partial charge in [0.05, 0.1) is 7.11 Å². The molecule has 25 heavy (non-hydrogen) atoms. The molecule has 0 aliphatic carbocycles. The number of benzene rings is 2. The van der Waals surface area contributed by atoms with Crippen molar-refractivity contribution in [3.63, 3.8) is 0 Å². The molecular formula is C21H22N2O2. The molecule has 0 saturated heterocycles. The molecule has 0 bridgehead atoms. The van der Waals surface area contributed by atoms with Crippen molar-refractivity contribution in [2.24, 2.45) is 5.73 Å². The summed E-state index contributed by atoms with van der Waals surface area (Å²) in [4.78, 5) is 11.2. The second kappa shape index (κ2) is 7.81. The Bertz CT molecular complexity index is 881. The quantitative estimate of drug-likeness (QED) is 0.556. The van der Waals surface area contributed by atoms with Gasteiger partial charge in [0.2, 0.25) is 0 Å². The summed E-state index contributed by atoms with van der Waals surface area (Å²) in [5.74, 6) is -0.387. The Hall–Kier alpha value is -2.85. The molecule has 4 heteroatoms. The highest BCUT2D eigenvalue weighted by atomic mass is 16.5. The molecule has 3 rings (SSSR count). The smallest absolute Gasteiger partial charge is 0.330 e. The maximum absolute atomic E-state index is 11.2. The van der Waals surface area contributed by atoms with Crippen LogP contribution < -0.4 is 5.73 Å². The zero-order valence-electron chi connectivity index (χ0n) is 14.3. The minimum absolute atomic E-state index is 0.241. The van der Waals surface area contributed by atoms with Crippen molar-refractivity contribution in [1.29, 1.82) is 0 Å². The van der Waals surface area contributed by atoms with E-state index in [0.717, 1.165) is 6.54 Å². The van der Waals surface area contributed by atoms with E-state index in [0.29, 0.717) is 6.42 Å². The highest BCUT2D eigenvalue weighted by molar-refractivity contribution is 5.84. The minimum Gasteiger partial charge on any atom is -0.466 e. The van der Waals surface area contributed by atoms with Crippen molar-refractivity contribution in [2.75, 3.05) is 7.11 Å². The molecule has 0 fully saturated rings. The van der Waals surface area contributed by atoms with Crippen molar-refractivity contribution >= 4 is 16.9 Å². The van der Waals surface area contributed by atoms with Crippen LogP contribution in [0.1, 0.15) is 11.1 Å². The van der Waals surface area contributed by atoms with Gasteiger partial charge >= 0.3 is 5.97 Å². The molecule has 2 N–H and O–H groups in total. The average Bonchev–Trinajstić information content (AvgIpc) is 2.98. The van der Waals surface area contributed by atoms with Crippen LogP contribution in [0.4, 0.5) is 0 Å². The first-order chi connectivity index (χ1) is 12.2. The third-order valence-electron chi connectivity index (χ3n) is 4.20. The van der Waals surface area contributed by atoms with Gasteiger partial charge < -0.3 is 15.0 Å². The van der Waals surface area contributed by atoms with E-state index >= 15 is 0 Å². The average molecular weight is 334 g/mol. The van der Waals surface area contributed by atoms with Gasteiger partial charge in [-0.25, -0.2) is 4.79 Å². The maximum Gasteiger partial charge on any atom is 0.330 e. The Morgan fingerprint density at radius 1 is 1.16 bits per heavy atom. The highest BCUT2D eigenvalue weighted by Gasteiger charge is 2.11. The predicted octanol–water partition coefficient (Wildman–Crippen LogP) is 3.29. The van der Waals surface area contributed by atoms with Gasteiger partial charge in [0.25, 0.3) is 0 Å². The Labute approximate surface area is 147 Å². The standard InChI is InChI=1S/C21H22N2O2/c1-25-21(24)12-11-18(22)13-17-15-23(14-16-7-3-2-4-8-16)20-10-6-5-9-19(17)20/h2-12,15,18H,13-14,22H2,1H3/t18-/m0/s1. The molecule has 0 aliphatic rings. The van der Waals surface area contributed by atoms with Crippen molar-refractivity contribution in [2.45, 2.75) is 19.0 Å². The fraction of sp³-hybridized carbons (Fsp3) is 0.190. The number of nitrogens with two attached hydrogens (primary N) is 1. The third kappa shape index (κ3) is 4.17. The van der Waals surface area contributed by atoms with Crippen LogP contribution >= 0.6 is 0 Å². The second-order valence-corrected chi connectivity index (χ2v) is 6.04. The van der Waals surface area contributed by atoms with E-state index in [1.165, 1.54) is 35.2 Å².